The first-order chi connectivity index (χ1) is 14.5. The molecule has 0 radical (unpaired) electrons. The third-order valence-electron chi connectivity index (χ3n) is 4.35. The zero-order valence-electron chi connectivity index (χ0n) is 15.9. The molecular formula is C23H16Cl2N2O3. The van der Waals surface area contributed by atoms with Gasteiger partial charge in [0.15, 0.2) is 5.58 Å². The van der Waals surface area contributed by atoms with E-state index >= 15 is 0 Å². The Hall–Kier alpha value is -3.28. The predicted molar refractivity (Wildman–Crippen MR) is 120 cm³/mol. The number of anilines is 1. The molecule has 3 aromatic carbocycles. The molecule has 5 nitrogen and oxygen atoms in total. The van der Waals surface area contributed by atoms with Gasteiger partial charge in [-0.3, -0.25) is 4.79 Å². The van der Waals surface area contributed by atoms with Gasteiger partial charge >= 0.3 is 0 Å². The topological polar surface area (TPSA) is 64.4 Å². The van der Waals surface area contributed by atoms with Crippen LogP contribution < -0.4 is 10.1 Å². The van der Waals surface area contributed by atoms with Gasteiger partial charge in [-0.2, -0.15) is 0 Å². The first kappa shape index (κ1) is 20.0. The highest BCUT2D eigenvalue weighted by Crippen LogP contribution is 2.28. The summed E-state index contributed by atoms with van der Waals surface area (Å²) in [5.74, 6) is 0.896. The molecule has 0 unspecified atom stereocenters. The monoisotopic (exact) mass is 438 g/mol. The van der Waals surface area contributed by atoms with Crippen molar-refractivity contribution in [3.05, 3.63) is 82.3 Å². The highest BCUT2D eigenvalue weighted by atomic mass is 35.5. The van der Waals surface area contributed by atoms with E-state index in [9.17, 15) is 4.79 Å². The molecule has 0 aliphatic rings. The number of amides is 1. The summed E-state index contributed by atoms with van der Waals surface area (Å²) in [6.07, 6.45) is 3.03. The van der Waals surface area contributed by atoms with Crippen LogP contribution in [0, 0.1) is 0 Å². The number of benzene rings is 3. The van der Waals surface area contributed by atoms with Crippen molar-refractivity contribution in [2.45, 2.75) is 0 Å². The van der Waals surface area contributed by atoms with Crippen LogP contribution >= 0.6 is 23.2 Å². The summed E-state index contributed by atoms with van der Waals surface area (Å²) in [6, 6.07) is 17.8. The Bertz CT molecular complexity index is 1260. The molecule has 1 amide bonds. The second-order valence-corrected chi connectivity index (χ2v) is 7.27. The van der Waals surface area contributed by atoms with Gasteiger partial charge in [0.1, 0.15) is 11.3 Å². The van der Waals surface area contributed by atoms with E-state index < -0.39 is 0 Å². The maximum atomic E-state index is 12.3. The molecule has 0 saturated heterocycles. The van der Waals surface area contributed by atoms with Crippen molar-refractivity contribution in [3.63, 3.8) is 0 Å². The molecule has 0 fully saturated rings. The lowest BCUT2D eigenvalue weighted by Crippen LogP contribution is -2.07. The molecule has 4 rings (SSSR count). The Morgan fingerprint density at radius 3 is 2.77 bits per heavy atom. The average Bonchev–Trinajstić information content (AvgIpc) is 3.16. The van der Waals surface area contributed by atoms with Gasteiger partial charge in [-0.05, 0) is 54.1 Å². The fourth-order valence-corrected chi connectivity index (χ4v) is 3.34. The smallest absolute Gasteiger partial charge is 0.248 e. The van der Waals surface area contributed by atoms with Crippen LogP contribution in [0.1, 0.15) is 5.56 Å². The molecule has 4 aromatic rings. The van der Waals surface area contributed by atoms with Crippen molar-refractivity contribution < 1.29 is 13.9 Å². The van der Waals surface area contributed by atoms with Crippen LogP contribution in [-0.2, 0) is 4.79 Å². The zero-order chi connectivity index (χ0) is 21.1. The lowest BCUT2D eigenvalue weighted by Gasteiger charge is -2.02. The van der Waals surface area contributed by atoms with Crippen molar-refractivity contribution in [3.8, 4) is 17.2 Å². The standard InChI is InChI=1S/C23H16Cl2N2O3/c1-29-18-4-2-3-15(11-18)23-27-20-9-8-17(13-21(20)30-23)26-22(28)10-6-14-5-7-16(24)12-19(14)25/h2-13H,1H3,(H,26,28)/b10-6+. The summed E-state index contributed by atoms with van der Waals surface area (Å²) in [5.41, 5.74) is 3.35. The number of fused-ring (bicyclic) bond motifs is 1. The van der Waals surface area contributed by atoms with E-state index in [1.807, 2.05) is 24.3 Å². The van der Waals surface area contributed by atoms with E-state index in [0.29, 0.717) is 38.3 Å². The van der Waals surface area contributed by atoms with Crippen molar-refractivity contribution in [2.75, 3.05) is 12.4 Å². The van der Waals surface area contributed by atoms with Gasteiger partial charge in [0.25, 0.3) is 0 Å². The van der Waals surface area contributed by atoms with Crippen LogP contribution in [0.3, 0.4) is 0 Å². The highest BCUT2D eigenvalue weighted by molar-refractivity contribution is 6.35. The summed E-state index contributed by atoms with van der Waals surface area (Å²) in [7, 11) is 1.61. The molecule has 7 heteroatoms. The van der Waals surface area contributed by atoms with E-state index in [4.69, 9.17) is 32.4 Å². The molecule has 1 aromatic heterocycles. The number of hydrogen-bond donors (Lipinski definition) is 1. The summed E-state index contributed by atoms with van der Waals surface area (Å²) >= 11 is 12.0. The quantitative estimate of drug-likeness (QED) is 0.363. The Labute approximate surface area is 182 Å². The minimum Gasteiger partial charge on any atom is -0.497 e. The summed E-state index contributed by atoms with van der Waals surface area (Å²) in [5, 5.41) is 3.81. The number of aromatic nitrogens is 1. The van der Waals surface area contributed by atoms with Crippen molar-refractivity contribution >= 4 is 52.0 Å². The van der Waals surface area contributed by atoms with Gasteiger partial charge in [0, 0.05) is 33.4 Å². The molecule has 0 bridgehead atoms. The second-order valence-electron chi connectivity index (χ2n) is 6.42. The maximum Gasteiger partial charge on any atom is 0.248 e. The largest absolute Gasteiger partial charge is 0.497 e. The van der Waals surface area contributed by atoms with E-state index in [-0.39, 0.29) is 5.91 Å². The number of methoxy groups -OCH3 is 1. The van der Waals surface area contributed by atoms with Crippen LogP contribution in [0.25, 0.3) is 28.6 Å². The number of nitrogens with zero attached hydrogens (tertiary/aromatic N) is 1. The Kier molecular flexibility index (Phi) is 5.74. The fourth-order valence-electron chi connectivity index (χ4n) is 2.87. The van der Waals surface area contributed by atoms with Gasteiger partial charge in [-0.25, -0.2) is 4.98 Å². The van der Waals surface area contributed by atoms with E-state index in [2.05, 4.69) is 10.3 Å². The summed E-state index contributed by atoms with van der Waals surface area (Å²) in [6.45, 7) is 0. The van der Waals surface area contributed by atoms with E-state index in [1.54, 1.807) is 49.6 Å². The van der Waals surface area contributed by atoms with Gasteiger partial charge in [-0.1, -0.05) is 35.3 Å². The van der Waals surface area contributed by atoms with Gasteiger partial charge in [0.2, 0.25) is 11.8 Å². The second kappa shape index (κ2) is 8.61. The molecule has 150 valence electrons. The van der Waals surface area contributed by atoms with E-state index in [1.165, 1.54) is 6.08 Å². The first-order valence-corrected chi connectivity index (χ1v) is 9.76. The lowest BCUT2D eigenvalue weighted by molar-refractivity contribution is -0.111. The number of halogens is 2. The molecule has 1 heterocycles. The molecule has 0 aliphatic heterocycles. The van der Waals surface area contributed by atoms with Gasteiger partial charge in [-0.15, -0.1) is 0 Å². The predicted octanol–water partition coefficient (Wildman–Crippen LogP) is 6.46. The minimum absolute atomic E-state index is 0.298. The van der Waals surface area contributed by atoms with Crippen LogP contribution in [0.2, 0.25) is 10.0 Å². The number of carbonyl (C=O) groups excluding carboxylic acids is 1. The molecule has 0 aliphatic carbocycles. The van der Waals surface area contributed by atoms with Crippen molar-refractivity contribution in [1.82, 2.24) is 4.98 Å². The number of nitrogens with one attached hydrogen (secondary N) is 1. The van der Waals surface area contributed by atoms with Crippen molar-refractivity contribution in [2.24, 2.45) is 0 Å². The van der Waals surface area contributed by atoms with Crippen LogP contribution in [0.5, 0.6) is 5.75 Å². The number of hydrogen-bond acceptors (Lipinski definition) is 4. The molecule has 0 saturated carbocycles. The Balaban J connectivity index is 1.52. The fraction of sp³-hybridized carbons (Fsp3) is 0.0435. The average molecular weight is 439 g/mol. The normalized spacial score (nSPS) is 11.2. The molecule has 1 N–H and O–H groups in total. The Morgan fingerprint density at radius 2 is 1.97 bits per heavy atom. The molecule has 0 atom stereocenters. The van der Waals surface area contributed by atoms with Crippen LogP contribution in [-0.4, -0.2) is 18.0 Å². The zero-order valence-corrected chi connectivity index (χ0v) is 17.4. The Morgan fingerprint density at radius 1 is 1.10 bits per heavy atom. The molecular weight excluding hydrogens is 423 g/mol. The SMILES string of the molecule is COc1cccc(-c2nc3ccc(NC(=O)/C=C/c4ccc(Cl)cc4Cl)cc3o2)c1. The van der Waals surface area contributed by atoms with Crippen molar-refractivity contribution in [1.29, 1.82) is 0 Å². The minimum atomic E-state index is -0.298. The van der Waals surface area contributed by atoms with Gasteiger partial charge < -0.3 is 14.5 Å². The summed E-state index contributed by atoms with van der Waals surface area (Å²) in [4.78, 5) is 16.8. The highest BCUT2D eigenvalue weighted by Gasteiger charge is 2.10. The van der Waals surface area contributed by atoms with E-state index in [0.717, 1.165) is 11.3 Å². The number of ether oxygens (including phenoxy) is 1. The summed E-state index contributed by atoms with van der Waals surface area (Å²) < 4.78 is 11.1. The molecule has 0 spiro atoms. The maximum absolute atomic E-state index is 12.3. The molecule has 30 heavy (non-hydrogen) atoms. The third kappa shape index (κ3) is 4.48. The third-order valence-corrected chi connectivity index (χ3v) is 4.91. The number of rotatable bonds is 5. The number of carbonyl (C=O) groups is 1. The van der Waals surface area contributed by atoms with Gasteiger partial charge in [0.05, 0.1) is 7.11 Å². The van der Waals surface area contributed by atoms with Crippen LogP contribution in [0.15, 0.2) is 71.2 Å². The number of oxazole rings is 1. The lowest BCUT2D eigenvalue weighted by atomic mass is 10.2. The van der Waals surface area contributed by atoms with Crippen LogP contribution in [0.4, 0.5) is 5.69 Å². The first-order valence-electron chi connectivity index (χ1n) is 9.01.